The zero-order chi connectivity index (χ0) is 14.7. The van der Waals surface area contributed by atoms with Crippen molar-refractivity contribution in [3.63, 3.8) is 0 Å². The normalized spacial score (nSPS) is 18.5. The molecule has 0 aliphatic carbocycles. The third-order valence-corrected chi connectivity index (χ3v) is 4.30. The van der Waals surface area contributed by atoms with Crippen LogP contribution < -0.4 is 5.32 Å². The van der Waals surface area contributed by atoms with Gasteiger partial charge in [0.2, 0.25) is 11.9 Å². The Morgan fingerprint density at radius 2 is 2.33 bits per heavy atom. The fraction of sp³-hybridized carbons (Fsp3) is 0.429. The summed E-state index contributed by atoms with van der Waals surface area (Å²) in [6.45, 7) is 3.21. The molecule has 1 aliphatic heterocycles. The molecule has 3 heterocycles. The summed E-state index contributed by atoms with van der Waals surface area (Å²) in [6.07, 6.45) is 5.56. The first kappa shape index (κ1) is 13.9. The molecule has 2 aromatic heterocycles. The van der Waals surface area contributed by atoms with Crippen molar-refractivity contribution >= 4 is 28.3 Å². The van der Waals surface area contributed by atoms with E-state index in [1.807, 2.05) is 16.3 Å². The predicted molar refractivity (Wildman–Crippen MR) is 81.7 cm³/mol. The second kappa shape index (κ2) is 6.17. The Hall–Kier alpha value is -2.02. The maximum atomic E-state index is 11.5. The number of rotatable bonds is 3. The van der Waals surface area contributed by atoms with Gasteiger partial charge in [0.05, 0.1) is 5.69 Å². The number of thiazole rings is 1. The van der Waals surface area contributed by atoms with Crippen LogP contribution in [0.25, 0.3) is 0 Å². The molecule has 0 aromatic carbocycles. The maximum absolute atomic E-state index is 11.5. The largest absolute Gasteiger partial charge is 0.342 e. The lowest BCUT2D eigenvalue weighted by Gasteiger charge is -2.31. The summed E-state index contributed by atoms with van der Waals surface area (Å²) in [5.41, 5.74) is 0.981. The summed E-state index contributed by atoms with van der Waals surface area (Å²) in [5.74, 6) is 0.972. The van der Waals surface area contributed by atoms with Gasteiger partial charge in [0, 0.05) is 43.7 Å². The zero-order valence-electron chi connectivity index (χ0n) is 11.8. The molecule has 1 N–H and O–H groups in total. The number of anilines is 2. The lowest BCUT2D eigenvalue weighted by molar-refractivity contribution is -0.130. The second-order valence-corrected chi connectivity index (χ2v) is 5.97. The summed E-state index contributed by atoms with van der Waals surface area (Å²) in [5, 5.41) is 5.78. The van der Waals surface area contributed by atoms with E-state index >= 15 is 0 Å². The first-order chi connectivity index (χ1) is 10.2. The van der Waals surface area contributed by atoms with Crippen LogP contribution >= 0.6 is 11.3 Å². The average Bonchev–Trinajstić information content (AvgIpc) is 3.00. The smallest absolute Gasteiger partial charge is 0.229 e. The summed E-state index contributed by atoms with van der Waals surface area (Å²) in [6, 6.07) is 1.93. The third-order valence-electron chi connectivity index (χ3n) is 3.61. The number of likely N-dealkylation sites (tertiary alicyclic amines) is 1. The van der Waals surface area contributed by atoms with Gasteiger partial charge < -0.3 is 10.2 Å². The Kier molecular flexibility index (Phi) is 4.10. The fourth-order valence-electron chi connectivity index (χ4n) is 2.55. The first-order valence-corrected chi connectivity index (χ1v) is 7.85. The van der Waals surface area contributed by atoms with Crippen LogP contribution in [0.3, 0.4) is 0 Å². The topological polar surface area (TPSA) is 71.0 Å². The van der Waals surface area contributed by atoms with Gasteiger partial charge in [0.25, 0.3) is 0 Å². The first-order valence-electron chi connectivity index (χ1n) is 6.97. The second-order valence-electron chi connectivity index (χ2n) is 5.07. The van der Waals surface area contributed by atoms with E-state index < -0.39 is 0 Å². The molecule has 1 atom stereocenters. The van der Waals surface area contributed by atoms with E-state index in [4.69, 9.17) is 0 Å². The van der Waals surface area contributed by atoms with Crippen LogP contribution in [-0.2, 0) is 4.79 Å². The number of nitrogens with zero attached hydrogens (tertiary/aromatic N) is 4. The van der Waals surface area contributed by atoms with Gasteiger partial charge in [0.1, 0.15) is 0 Å². The van der Waals surface area contributed by atoms with Crippen LogP contribution in [0.15, 0.2) is 23.8 Å². The number of aromatic nitrogens is 3. The Bertz CT molecular complexity index is 616. The van der Waals surface area contributed by atoms with Crippen molar-refractivity contribution in [3.05, 3.63) is 29.5 Å². The van der Waals surface area contributed by atoms with E-state index in [2.05, 4.69) is 20.3 Å². The van der Waals surface area contributed by atoms with Crippen molar-refractivity contribution in [3.8, 4) is 0 Å². The minimum Gasteiger partial charge on any atom is -0.342 e. The summed E-state index contributed by atoms with van der Waals surface area (Å²) in [7, 11) is 0. The molecule has 21 heavy (non-hydrogen) atoms. The van der Waals surface area contributed by atoms with E-state index in [-0.39, 0.29) is 11.8 Å². The van der Waals surface area contributed by atoms with Gasteiger partial charge in [-0.05, 0) is 18.9 Å². The van der Waals surface area contributed by atoms with Crippen molar-refractivity contribution in [2.24, 2.45) is 0 Å². The van der Waals surface area contributed by atoms with Crippen LogP contribution in [0.5, 0.6) is 0 Å². The van der Waals surface area contributed by atoms with E-state index in [1.165, 1.54) is 11.3 Å². The molecule has 0 radical (unpaired) electrons. The van der Waals surface area contributed by atoms with Gasteiger partial charge in [-0.2, -0.15) is 0 Å². The molecule has 1 saturated heterocycles. The Morgan fingerprint density at radius 1 is 1.43 bits per heavy atom. The molecular formula is C14H17N5OS. The van der Waals surface area contributed by atoms with Gasteiger partial charge >= 0.3 is 0 Å². The molecule has 0 spiro atoms. The summed E-state index contributed by atoms with van der Waals surface area (Å²) >= 11 is 1.51. The third kappa shape index (κ3) is 3.36. The molecule has 1 amide bonds. The molecule has 1 aliphatic rings. The highest BCUT2D eigenvalue weighted by atomic mass is 32.1. The molecule has 1 fully saturated rings. The van der Waals surface area contributed by atoms with Crippen LogP contribution in [0.1, 0.15) is 31.4 Å². The lowest BCUT2D eigenvalue weighted by atomic mass is 9.94. The highest BCUT2D eigenvalue weighted by Gasteiger charge is 2.24. The molecule has 110 valence electrons. The summed E-state index contributed by atoms with van der Waals surface area (Å²) < 4.78 is 0. The Labute approximate surface area is 127 Å². The van der Waals surface area contributed by atoms with Crippen molar-refractivity contribution in [2.45, 2.75) is 25.7 Å². The number of nitrogens with one attached hydrogen (secondary N) is 1. The minimum absolute atomic E-state index is 0.134. The molecule has 0 bridgehead atoms. The molecule has 3 rings (SSSR count). The number of hydrogen-bond acceptors (Lipinski definition) is 6. The van der Waals surface area contributed by atoms with Crippen LogP contribution in [0, 0.1) is 0 Å². The summed E-state index contributed by atoms with van der Waals surface area (Å²) in [4.78, 5) is 26.4. The van der Waals surface area contributed by atoms with Crippen LogP contribution in [0.2, 0.25) is 0 Å². The maximum Gasteiger partial charge on any atom is 0.229 e. The highest BCUT2D eigenvalue weighted by molar-refractivity contribution is 7.13. The zero-order valence-corrected chi connectivity index (χ0v) is 12.6. The number of carbonyl (C=O) groups excluding carboxylic acids is 1. The standard InChI is InChI=1S/C14H17N5OS/c1-10(20)19-7-2-3-11(9-19)12-4-5-15-13(17-12)18-14-16-6-8-21-14/h4-6,8,11H,2-3,7,9H2,1H3,(H,15,16,17,18). The van der Waals surface area contributed by atoms with Crippen molar-refractivity contribution in [1.29, 1.82) is 0 Å². The molecule has 7 heteroatoms. The molecule has 0 saturated carbocycles. The predicted octanol–water partition coefficient (Wildman–Crippen LogP) is 2.40. The van der Waals surface area contributed by atoms with Crippen molar-refractivity contribution < 1.29 is 4.79 Å². The fourth-order valence-corrected chi connectivity index (χ4v) is 3.07. The Balaban J connectivity index is 1.74. The quantitative estimate of drug-likeness (QED) is 0.942. The van der Waals surface area contributed by atoms with Gasteiger partial charge in [-0.25, -0.2) is 15.0 Å². The van der Waals surface area contributed by atoms with E-state index in [9.17, 15) is 4.79 Å². The molecule has 1 unspecified atom stereocenters. The van der Waals surface area contributed by atoms with E-state index in [1.54, 1.807) is 19.3 Å². The van der Waals surface area contributed by atoms with Gasteiger partial charge in [-0.3, -0.25) is 4.79 Å². The lowest BCUT2D eigenvalue weighted by Crippen LogP contribution is -2.37. The molecule has 6 nitrogen and oxygen atoms in total. The van der Waals surface area contributed by atoms with Crippen LogP contribution in [0.4, 0.5) is 11.1 Å². The molecule has 2 aromatic rings. The van der Waals surface area contributed by atoms with E-state index in [0.717, 1.165) is 36.8 Å². The SMILES string of the molecule is CC(=O)N1CCCC(c2ccnc(Nc3nccs3)n2)C1. The average molecular weight is 303 g/mol. The number of carbonyl (C=O) groups is 1. The van der Waals surface area contributed by atoms with Gasteiger partial charge in [0.15, 0.2) is 5.13 Å². The number of hydrogen-bond donors (Lipinski definition) is 1. The van der Waals surface area contributed by atoms with Crippen molar-refractivity contribution in [1.82, 2.24) is 19.9 Å². The van der Waals surface area contributed by atoms with Crippen molar-refractivity contribution in [2.75, 3.05) is 18.4 Å². The number of piperidine rings is 1. The van der Waals surface area contributed by atoms with Crippen LogP contribution in [-0.4, -0.2) is 38.8 Å². The highest BCUT2D eigenvalue weighted by Crippen LogP contribution is 2.26. The monoisotopic (exact) mass is 303 g/mol. The van der Waals surface area contributed by atoms with Gasteiger partial charge in [-0.15, -0.1) is 11.3 Å². The van der Waals surface area contributed by atoms with E-state index in [0.29, 0.717) is 5.95 Å². The van der Waals surface area contributed by atoms with Gasteiger partial charge in [-0.1, -0.05) is 0 Å². The number of amides is 1. The Morgan fingerprint density at radius 3 is 3.10 bits per heavy atom. The molecular weight excluding hydrogens is 286 g/mol. The minimum atomic E-state index is 0.134.